The van der Waals surface area contributed by atoms with Gasteiger partial charge in [0.1, 0.15) is 5.82 Å². The highest BCUT2D eigenvalue weighted by molar-refractivity contribution is 5.61. The number of hydrogen-bond acceptors (Lipinski definition) is 2. The maximum Gasteiger partial charge on any atom is 0.116 e. The third kappa shape index (κ3) is 1.35. The minimum atomic E-state index is 0.0613. The Hall–Kier alpha value is -1.35. The van der Waals surface area contributed by atoms with Crippen LogP contribution in [0.1, 0.15) is 48.8 Å². The van der Waals surface area contributed by atoms with Crippen molar-refractivity contribution in [1.82, 2.24) is 9.38 Å². The molecule has 3 rings (SSSR count). The molecule has 1 fully saturated rings. The number of fused-ring (bicyclic) bond motifs is 1. The van der Waals surface area contributed by atoms with E-state index in [1.807, 2.05) is 6.92 Å². The number of pyridine rings is 1. The number of nitrogens with zero attached hydrogens (tertiary/aromatic N) is 2. The summed E-state index contributed by atoms with van der Waals surface area (Å²) in [5, 5.41) is 0. The molecule has 1 aliphatic rings. The van der Waals surface area contributed by atoms with Gasteiger partial charge in [-0.15, -0.1) is 0 Å². The lowest BCUT2D eigenvalue weighted by molar-refractivity contribution is 0.815. The molecule has 2 aromatic rings. The molecule has 0 saturated heterocycles. The number of imidazole rings is 1. The van der Waals surface area contributed by atoms with Crippen molar-refractivity contribution in [2.24, 2.45) is 5.73 Å². The largest absolute Gasteiger partial charge is 0.324 e. The normalized spacial score (nSPS) is 17.9. The number of aryl methyl sites for hydroxylation is 1. The van der Waals surface area contributed by atoms with E-state index in [1.165, 1.54) is 29.7 Å². The van der Waals surface area contributed by atoms with E-state index >= 15 is 0 Å². The molecule has 0 aliphatic heterocycles. The van der Waals surface area contributed by atoms with E-state index in [2.05, 4.69) is 29.7 Å². The fourth-order valence-electron chi connectivity index (χ4n) is 2.38. The predicted molar refractivity (Wildman–Crippen MR) is 64.5 cm³/mol. The fourth-order valence-corrected chi connectivity index (χ4v) is 2.38. The molecule has 1 atom stereocenters. The van der Waals surface area contributed by atoms with Crippen molar-refractivity contribution in [1.29, 1.82) is 0 Å². The molecule has 2 heterocycles. The first kappa shape index (κ1) is 9.85. The smallest absolute Gasteiger partial charge is 0.116 e. The van der Waals surface area contributed by atoms with Gasteiger partial charge in [-0.2, -0.15) is 0 Å². The maximum atomic E-state index is 6.01. The lowest BCUT2D eigenvalue weighted by atomic mass is 10.1. The van der Waals surface area contributed by atoms with Crippen LogP contribution in [0.25, 0.3) is 5.52 Å². The maximum absolute atomic E-state index is 6.01. The van der Waals surface area contributed by atoms with Gasteiger partial charge in [0.15, 0.2) is 0 Å². The SMILES string of the molecule is Cc1nc(C2CC2)n2cccc(C(C)N)c12. The summed E-state index contributed by atoms with van der Waals surface area (Å²) in [5.41, 5.74) is 9.52. The number of nitrogens with two attached hydrogens (primary N) is 1. The van der Waals surface area contributed by atoms with Gasteiger partial charge >= 0.3 is 0 Å². The van der Waals surface area contributed by atoms with Crippen molar-refractivity contribution in [3.8, 4) is 0 Å². The van der Waals surface area contributed by atoms with Crippen molar-refractivity contribution >= 4 is 5.52 Å². The zero-order valence-electron chi connectivity index (χ0n) is 9.77. The third-order valence-electron chi connectivity index (χ3n) is 3.33. The average molecular weight is 215 g/mol. The summed E-state index contributed by atoms with van der Waals surface area (Å²) in [6, 6.07) is 4.23. The molecule has 2 N–H and O–H groups in total. The molecule has 16 heavy (non-hydrogen) atoms. The van der Waals surface area contributed by atoms with Gasteiger partial charge in [0.05, 0.1) is 11.2 Å². The Balaban J connectivity index is 2.30. The summed E-state index contributed by atoms with van der Waals surface area (Å²) in [4.78, 5) is 4.70. The Bertz CT molecular complexity index is 535. The van der Waals surface area contributed by atoms with Crippen molar-refractivity contribution in [3.05, 3.63) is 35.4 Å². The Morgan fingerprint density at radius 1 is 1.50 bits per heavy atom. The minimum Gasteiger partial charge on any atom is -0.324 e. The van der Waals surface area contributed by atoms with Crippen LogP contribution in [0.15, 0.2) is 18.3 Å². The van der Waals surface area contributed by atoms with Gasteiger partial charge in [0.2, 0.25) is 0 Å². The molecule has 0 spiro atoms. The van der Waals surface area contributed by atoms with E-state index < -0.39 is 0 Å². The second-order valence-electron chi connectivity index (χ2n) is 4.80. The first-order chi connectivity index (χ1) is 7.68. The van der Waals surface area contributed by atoms with Gasteiger partial charge in [-0.1, -0.05) is 6.07 Å². The average Bonchev–Trinajstić information content (AvgIpc) is 3.04. The summed E-state index contributed by atoms with van der Waals surface area (Å²) < 4.78 is 2.23. The summed E-state index contributed by atoms with van der Waals surface area (Å²) in [5.74, 6) is 1.89. The first-order valence-electron chi connectivity index (χ1n) is 5.91. The third-order valence-corrected chi connectivity index (χ3v) is 3.33. The van der Waals surface area contributed by atoms with E-state index in [1.54, 1.807) is 0 Å². The van der Waals surface area contributed by atoms with E-state index in [9.17, 15) is 0 Å². The van der Waals surface area contributed by atoms with E-state index in [-0.39, 0.29) is 6.04 Å². The summed E-state index contributed by atoms with van der Waals surface area (Å²) in [6.45, 7) is 4.10. The van der Waals surface area contributed by atoms with Gasteiger partial charge in [0, 0.05) is 18.2 Å². The highest BCUT2D eigenvalue weighted by Gasteiger charge is 2.29. The van der Waals surface area contributed by atoms with Gasteiger partial charge < -0.3 is 10.1 Å². The van der Waals surface area contributed by atoms with Gasteiger partial charge in [-0.3, -0.25) is 0 Å². The van der Waals surface area contributed by atoms with Crippen LogP contribution in [-0.2, 0) is 0 Å². The predicted octanol–water partition coefficient (Wildman–Crippen LogP) is 2.54. The topological polar surface area (TPSA) is 43.3 Å². The molecule has 1 aliphatic carbocycles. The van der Waals surface area contributed by atoms with Crippen LogP contribution in [0.2, 0.25) is 0 Å². The van der Waals surface area contributed by atoms with Crippen molar-refractivity contribution in [2.45, 2.75) is 38.6 Å². The Morgan fingerprint density at radius 3 is 2.88 bits per heavy atom. The molecule has 0 bridgehead atoms. The van der Waals surface area contributed by atoms with Gasteiger partial charge in [-0.05, 0) is 38.3 Å². The number of rotatable bonds is 2. The van der Waals surface area contributed by atoms with E-state index in [0.29, 0.717) is 5.92 Å². The second kappa shape index (κ2) is 3.32. The van der Waals surface area contributed by atoms with E-state index in [0.717, 1.165) is 5.69 Å². The molecule has 0 amide bonds. The van der Waals surface area contributed by atoms with Crippen LogP contribution in [0.4, 0.5) is 0 Å². The van der Waals surface area contributed by atoms with Gasteiger partial charge in [-0.25, -0.2) is 4.98 Å². The Labute approximate surface area is 95.3 Å². The molecule has 84 valence electrons. The molecular weight excluding hydrogens is 198 g/mol. The second-order valence-corrected chi connectivity index (χ2v) is 4.80. The summed E-state index contributed by atoms with van der Waals surface area (Å²) in [6.07, 6.45) is 4.66. The lowest BCUT2D eigenvalue weighted by Crippen LogP contribution is -2.07. The number of hydrogen-bond donors (Lipinski definition) is 1. The Morgan fingerprint density at radius 2 is 2.25 bits per heavy atom. The van der Waals surface area contributed by atoms with Crippen molar-refractivity contribution < 1.29 is 0 Å². The zero-order chi connectivity index (χ0) is 11.3. The fraction of sp³-hybridized carbons (Fsp3) is 0.462. The number of aromatic nitrogens is 2. The van der Waals surface area contributed by atoms with Gasteiger partial charge in [0.25, 0.3) is 0 Å². The zero-order valence-corrected chi connectivity index (χ0v) is 9.77. The molecule has 1 unspecified atom stereocenters. The van der Waals surface area contributed by atoms with Crippen molar-refractivity contribution in [3.63, 3.8) is 0 Å². The molecule has 0 radical (unpaired) electrons. The van der Waals surface area contributed by atoms with Crippen LogP contribution in [-0.4, -0.2) is 9.38 Å². The van der Waals surface area contributed by atoms with Crippen LogP contribution in [0.5, 0.6) is 0 Å². The van der Waals surface area contributed by atoms with Crippen molar-refractivity contribution in [2.75, 3.05) is 0 Å². The quantitative estimate of drug-likeness (QED) is 0.836. The molecular formula is C13H17N3. The highest BCUT2D eigenvalue weighted by atomic mass is 15.0. The highest BCUT2D eigenvalue weighted by Crippen LogP contribution is 2.40. The van der Waals surface area contributed by atoms with Crippen LogP contribution in [0, 0.1) is 6.92 Å². The molecule has 2 aromatic heterocycles. The van der Waals surface area contributed by atoms with E-state index in [4.69, 9.17) is 10.7 Å². The lowest BCUT2D eigenvalue weighted by Gasteiger charge is -2.09. The standard InChI is InChI=1S/C13H17N3/c1-8(14)11-4-3-7-16-12(11)9(2)15-13(16)10-5-6-10/h3-4,7-8,10H,5-6,14H2,1-2H3. The summed E-state index contributed by atoms with van der Waals surface area (Å²) in [7, 11) is 0. The summed E-state index contributed by atoms with van der Waals surface area (Å²) >= 11 is 0. The van der Waals surface area contributed by atoms with Crippen LogP contribution >= 0.6 is 0 Å². The minimum absolute atomic E-state index is 0.0613. The Kier molecular flexibility index (Phi) is 2.04. The van der Waals surface area contributed by atoms with Crippen LogP contribution in [0.3, 0.4) is 0 Å². The first-order valence-corrected chi connectivity index (χ1v) is 5.91. The molecule has 3 heteroatoms. The molecule has 0 aromatic carbocycles. The molecule has 3 nitrogen and oxygen atoms in total. The monoisotopic (exact) mass is 215 g/mol. The molecule has 1 saturated carbocycles. The van der Waals surface area contributed by atoms with Crippen LogP contribution < -0.4 is 5.73 Å².